The van der Waals surface area contributed by atoms with Gasteiger partial charge in [0.05, 0.1) is 6.61 Å². The summed E-state index contributed by atoms with van der Waals surface area (Å²) >= 11 is 0. The number of hydrogen-bond acceptors (Lipinski definition) is 3. The van der Waals surface area contributed by atoms with Crippen molar-refractivity contribution < 1.29 is 9.53 Å². The number of rotatable bonds is 8. The number of amides is 1. The first kappa shape index (κ1) is 15.7. The zero-order valence-corrected chi connectivity index (χ0v) is 11.0. The predicted octanol–water partition coefficient (Wildman–Crippen LogP) is -0.301. The standard InChI is InChI=1S/C11H24N4O2/c1-9(2)8-15-11(12)14-5-4-10(16)13-6-7-17-3/h9H,4-8H2,1-3H3,(H,13,16)(H3,12,14,15). The van der Waals surface area contributed by atoms with E-state index in [0.29, 0.717) is 44.5 Å². The molecule has 0 saturated heterocycles. The first-order chi connectivity index (χ1) is 8.06. The molecule has 0 aliphatic heterocycles. The van der Waals surface area contributed by atoms with Crippen molar-refractivity contribution in [2.24, 2.45) is 16.6 Å². The summed E-state index contributed by atoms with van der Waals surface area (Å²) in [5.41, 5.74) is 5.62. The highest BCUT2D eigenvalue weighted by molar-refractivity contribution is 5.79. The van der Waals surface area contributed by atoms with Crippen LogP contribution in [0.4, 0.5) is 0 Å². The van der Waals surface area contributed by atoms with Crippen LogP contribution >= 0.6 is 0 Å². The molecule has 0 aliphatic carbocycles. The normalized spacial score (nSPS) is 11.6. The molecule has 0 radical (unpaired) electrons. The van der Waals surface area contributed by atoms with Gasteiger partial charge in [0.2, 0.25) is 5.91 Å². The number of ether oxygens (including phenoxy) is 1. The third kappa shape index (κ3) is 11.0. The summed E-state index contributed by atoms with van der Waals surface area (Å²) in [5.74, 6) is 0.849. The lowest BCUT2D eigenvalue weighted by Gasteiger charge is -2.07. The minimum absolute atomic E-state index is 0.0220. The summed E-state index contributed by atoms with van der Waals surface area (Å²) in [5, 5.41) is 5.62. The van der Waals surface area contributed by atoms with E-state index in [1.165, 1.54) is 0 Å². The summed E-state index contributed by atoms with van der Waals surface area (Å²) in [6.07, 6.45) is 0.377. The van der Waals surface area contributed by atoms with Crippen LogP contribution in [0.3, 0.4) is 0 Å². The topological polar surface area (TPSA) is 88.7 Å². The molecule has 0 aromatic heterocycles. The van der Waals surface area contributed by atoms with Crippen molar-refractivity contribution in [2.45, 2.75) is 20.3 Å². The first-order valence-electron chi connectivity index (χ1n) is 5.85. The Bertz CT molecular complexity index is 242. The minimum atomic E-state index is -0.0220. The molecule has 100 valence electrons. The fraction of sp³-hybridized carbons (Fsp3) is 0.818. The highest BCUT2D eigenvalue weighted by Crippen LogP contribution is 1.90. The number of hydrogen-bond donors (Lipinski definition) is 3. The molecule has 0 bridgehead atoms. The van der Waals surface area contributed by atoms with E-state index >= 15 is 0 Å². The summed E-state index contributed by atoms with van der Waals surface area (Å²) in [6.45, 7) is 6.38. The largest absolute Gasteiger partial charge is 0.383 e. The van der Waals surface area contributed by atoms with Crippen LogP contribution in [0.15, 0.2) is 4.99 Å². The number of nitrogens with two attached hydrogens (primary N) is 1. The number of aliphatic imine (C=N–C) groups is 1. The smallest absolute Gasteiger partial charge is 0.221 e. The van der Waals surface area contributed by atoms with Crippen molar-refractivity contribution in [3.05, 3.63) is 0 Å². The molecule has 0 rings (SSSR count). The molecule has 0 fully saturated rings. The third-order valence-corrected chi connectivity index (χ3v) is 1.91. The van der Waals surface area contributed by atoms with Crippen molar-refractivity contribution in [3.8, 4) is 0 Å². The van der Waals surface area contributed by atoms with E-state index in [4.69, 9.17) is 10.5 Å². The maximum atomic E-state index is 11.3. The highest BCUT2D eigenvalue weighted by atomic mass is 16.5. The molecule has 17 heavy (non-hydrogen) atoms. The fourth-order valence-corrected chi connectivity index (χ4v) is 1.02. The second kappa shape index (κ2) is 9.89. The maximum absolute atomic E-state index is 11.3. The quantitative estimate of drug-likeness (QED) is 0.311. The van der Waals surface area contributed by atoms with Gasteiger partial charge in [0.15, 0.2) is 5.96 Å². The van der Waals surface area contributed by atoms with E-state index in [1.54, 1.807) is 7.11 Å². The van der Waals surface area contributed by atoms with Crippen LogP contribution in [0.5, 0.6) is 0 Å². The monoisotopic (exact) mass is 244 g/mol. The Hall–Kier alpha value is -1.30. The van der Waals surface area contributed by atoms with Crippen molar-refractivity contribution in [2.75, 3.05) is 33.4 Å². The van der Waals surface area contributed by atoms with Crippen molar-refractivity contribution >= 4 is 11.9 Å². The summed E-state index contributed by atoms with van der Waals surface area (Å²) in [7, 11) is 1.60. The van der Waals surface area contributed by atoms with Crippen molar-refractivity contribution in [1.29, 1.82) is 0 Å². The number of nitrogens with zero attached hydrogens (tertiary/aromatic N) is 1. The van der Waals surface area contributed by atoms with Crippen molar-refractivity contribution in [1.82, 2.24) is 10.6 Å². The number of carbonyl (C=O) groups is 1. The lowest BCUT2D eigenvalue weighted by Crippen LogP contribution is -2.36. The SMILES string of the molecule is COCCNC(=O)CCNC(N)=NCC(C)C. The van der Waals surface area contributed by atoms with Crippen LogP contribution in [0, 0.1) is 5.92 Å². The molecule has 1 amide bonds. The zero-order chi connectivity index (χ0) is 13.1. The Balaban J connectivity index is 3.55. The summed E-state index contributed by atoms with van der Waals surface area (Å²) < 4.78 is 4.82. The van der Waals surface area contributed by atoms with Crippen LogP contribution < -0.4 is 16.4 Å². The molecule has 0 aromatic carbocycles. The van der Waals surface area contributed by atoms with Crippen LogP contribution in [0.2, 0.25) is 0 Å². The van der Waals surface area contributed by atoms with Gasteiger partial charge in [-0.3, -0.25) is 9.79 Å². The summed E-state index contributed by atoms with van der Waals surface area (Å²) in [4.78, 5) is 15.4. The molecule has 0 aliphatic rings. The van der Waals surface area contributed by atoms with Gasteiger partial charge in [0.25, 0.3) is 0 Å². The molecule has 0 atom stereocenters. The Morgan fingerprint density at radius 1 is 1.35 bits per heavy atom. The molecule has 6 nitrogen and oxygen atoms in total. The van der Waals surface area contributed by atoms with Gasteiger partial charge >= 0.3 is 0 Å². The van der Waals surface area contributed by atoms with Gasteiger partial charge in [0, 0.05) is 33.2 Å². The van der Waals surface area contributed by atoms with E-state index < -0.39 is 0 Å². The van der Waals surface area contributed by atoms with Crippen LogP contribution in [0.1, 0.15) is 20.3 Å². The molecule has 0 unspecified atom stereocenters. The number of nitrogens with one attached hydrogen (secondary N) is 2. The molecule has 0 heterocycles. The number of carbonyl (C=O) groups excluding carboxylic acids is 1. The van der Waals surface area contributed by atoms with Gasteiger partial charge in [-0.1, -0.05) is 13.8 Å². The Morgan fingerprint density at radius 3 is 2.65 bits per heavy atom. The van der Waals surface area contributed by atoms with Crippen LogP contribution in [0.25, 0.3) is 0 Å². The first-order valence-corrected chi connectivity index (χ1v) is 5.85. The second-order valence-electron chi connectivity index (χ2n) is 4.14. The predicted molar refractivity (Wildman–Crippen MR) is 68.8 cm³/mol. The van der Waals surface area contributed by atoms with Crippen LogP contribution in [-0.4, -0.2) is 45.2 Å². The fourth-order valence-electron chi connectivity index (χ4n) is 1.02. The van der Waals surface area contributed by atoms with E-state index in [2.05, 4.69) is 29.5 Å². The Morgan fingerprint density at radius 2 is 2.06 bits per heavy atom. The minimum Gasteiger partial charge on any atom is -0.383 e. The van der Waals surface area contributed by atoms with Gasteiger partial charge in [0.1, 0.15) is 0 Å². The molecule has 0 spiro atoms. The second-order valence-corrected chi connectivity index (χ2v) is 4.14. The third-order valence-electron chi connectivity index (χ3n) is 1.91. The van der Waals surface area contributed by atoms with Gasteiger partial charge in [-0.15, -0.1) is 0 Å². The average molecular weight is 244 g/mol. The lowest BCUT2D eigenvalue weighted by atomic mass is 10.2. The molecular formula is C11H24N4O2. The molecule has 6 heteroatoms. The van der Waals surface area contributed by atoms with Gasteiger partial charge < -0.3 is 21.1 Å². The highest BCUT2D eigenvalue weighted by Gasteiger charge is 2.00. The molecule has 0 saturated carbocycles. The average Bonchev–Trinajstić information content (AvgIpc) is 2.27. The van der Waals surface area contributed by atoms with E-state index in [0.717, 1.165) is 0 Å². The number of methoxy groups -OCH3 is 1. The molecular weight excluding hydrogens is 220 g/mol. The zero-order valence-electron chi connectivity index (χ0n) is 11.0. The summed E-state index contributed by atoms with van der Waals surface area (Å²) in [6, 6.07) is 0. The van der Waals surface area contributed by atoms with E-state index in [9.17, 15) is 4.79 Å². The lowest BCUT2D eigenvalue weighted by molar-refractivity contribution is -0.121. The van der Waals surface area contributed by atoms with E-state index in [-0.39, 0.29) is 5.91 Å². The molecule has 4 N–H and O–H groups in total. The Kier molecular flexibility index (Phi) is 9.14. The van der Waals surface area contributed by atoms with Gasteiger partial charge in [-0.25, -0.2) is 0 Å². The van der Waals surface area contributed by atoms with Crippen molar-refractivity contribution in [3.63, 3.8) is 0 Å². The number of guanidine groups is 1. The van der Waals surface area contributed by atoms with E-state index in [1.807, 2.05) is 0 Å². The Labute approximate surface area is 103 Å². The van der Waals surface area contributed by atoms with Gasteiger partial charge in [-0.2, -0.15) is 0 Å². The van der Waals surface area contributed by atoms with Gasteiger partial charge in [-0.05, 0) is 5.92 Å². The maximum Gasteiger partial charge on any atom is 0.221 e. The molecule has 0 aromatic rings. The van der Waals surface area contributed by atoms with Crippen LogP contribution in [-0.2, 0) is 9.53 Å².